The lowest BCUT2D eigenvalue weighted by Crippen LogP contribution is -2.66. The molecule has 2 aromatic heterocycles. The molecule has 0 saturated carbocycles. The maximum Gasteiger partial charge on any atom is 0.228 e. The molecule has 2 saturated heterocycles. The fraction of sp³-hybridized carbons (Fsp3) is 0.556. The molecule has 4 heterocycles. The van der Waals surface area contributed by atoms with Crippen molar-refractivity contribution < 1.29 is 9.84 Å². The average molecular weight is 371 g/mol. The lowest BCUT2D eigenvalue weighted by atomic mass is 9.93. The molecule has 2 fully saturated rings. The van der Waals surface area contributed by atoms with Gasteiger partial charge in [0.15, 0.2) is 0 Å². The number of aromatic nitrogens is 4. The predicted molar refractivity (Wildman–Crippen MR) is 102 cm³/mol. The SMILES string of the molecule is Cc1ncc(-c2cc(NC3(CO)CNC3)nc(N3CCOC[C@@H]3C)n2)cn1. The lowest BCUT2D eigenvalue weighted by molar-refractivity contribution is 0.0981. The minimum Gasteiger partial charge on any atom is -0.394 e. The van der Waals surface area contributed by atoms with E-state index in [9.17, 15) is 5.11 Å². The highest BCUT2D eigenvalue weighted by atomic mass is 16.5. The highest BCUT2D eigenvalue weighted by Crippen LogP contribution is 2.26. The number of aryl methyl sites for hydroxylation is 1. The molecule has 4 rings (SSSR count). The van der Waals surface area contributed by atoms with Gasteiger partial charge in [-0.15, -0.1) is 0 Å². The molecule has 27 heavy (non-hydrogen) atoms. The van der Waals surface area contributed by atoms with Crippen LogP contribution in [0, 0.1) is 6.92 Å². The Morgan fingerprint density at radius 2 is 2.11 bits per heavy atom. The van der Waals surface area contributed by atoms with Gasteiger partial charge in [-0.3, -0.25) is 0 Å². The van der Waals surface area contributed by atoms with Gasteiger partial charge in [-0.05, 0) is 13.8 Å². The van der Waals surface area contributed by atoms with Crippen LogP contribution in [0.5, 0.6) is 0 Å². The van der Waals surface area contributed by atoms with Crippen LogP contribution in [0.2, 0.25) is 0 Å². The van der Waals surface area contributed by atoms with Crippen LogP contribution in [0.4, 0.5) is 11.8 Å². The second kappa shape index (κ2) is 7.34. The van der Waals surface area contributed by atoms with Crippen molar-refractivity contribution in [2.75, 3.05) is 49.7 Å². The summed E-state index contributed by atoms with van der Waals surface area (Å²) in [4.78, 5) is 20.2. The van der Waals surface area contributed by atoms with Crippen molar-refractivity contribution in [3.63, 3.8) is 0 Å². The third-order valence-electron chi connectivity index (χ3n) is 5.04. The molecular formula is C18H25N7O2. The lowest BCUT2D eigenvalue weighted by Gasteiger charge is -2.42. The van der Waals surface area contributed by atoms with Gasteiger partial charge in [0.1, 0.15) is 11.6 Å². The first-order valence-corrected chi connectivity index (χ1v) is 9.21. The van der Waals surface area contributed by atoms with Gasteiger partial charge in [0.2, 0.25) is 5.95 Å². The zero-order chi connectivity index (χ0) is 18.9. The van der Waals surface area contributed by atoms with Crippen LogP contribution in [-0.4, -0.2) is 76.1 Å². The van der Waals surface area contributed by atoms with Crippen molar-refractivity contribution in [1.29, 1.82) is 0 Å². The summed E-state index contributed by atoms with van der Waals surface area (Å²) in [5.41, 5.74) is 1.20. The summed E-state index contributed by atoms with van der Waals surface area (Å²) in [5.74, 6) is 2.05. The molecule has 3 N–H and O–H groups in total. The number of nitrogens with one attached hydrogen (secondary N) is 2. The van der Waals surface area contributed by atoms with Gasteiger partial charge in [-0.1, -0.05) is 0 Å². The molecular weight excluding hydrogens is 346 g/mol. The zero-order valence-electron chi connectivity index (χ0n) is 15.6. The van der Waals surface area contributed by atoms with Crippen LogP contribution in [0.15, 0.2) is 18.5 Å². The average Bonchev–Trinajstić information content (AvgIpc) is 2.65. The number of hydrogen-bond acceptors (Lipinski definition) is 9. The van der Waals surface area contributed by atoms with Crippen molar-refractivity contribution in [2.24, 2.45) is 0 Å². The summed E-state index contributed by atoms with van der Waals surface area (Å²) in [6, 6.07) is 2.08. The Labute approximate surface area is 158 Å². The second-order valence-electron chi connectivity index (χ2n) is 7.24. The van der Waals surface area contributed by atoms with Gasteiger partial charge in [-0.25, -0.2) is 15.0 Å². The van der Waals surface area contributed by atoms with Crippen molar-refractivity contribution >= 4 is 11.8 Å². The van der Waals surface area contributed by atoms with Gasteiger partial charge in [0.25, 0.3) is 0 Å². The molecule has 9 nitrogen and oxygen atoms in total. The van der Waals surface area contributed by atoms with Crippen LogP contribution < -0.4 is 15.5 Å². The molecule has 0 aromatic carbocycles. The normalized spacial score (nSPS) is 21.6. The summed E-state index contributed by atoms with van der Waals surface area (Å²) >= 11 is 0. The van der Waals surface area contributed by atoms with Gasteiger partial charge in [0.05, 0.1) is 37.1 Å². The monoisotopic (exact) mass is 371 g/mol. The van der Waals surface area contributed by atoms with E-state index in [1.54, 1.807) is 12.4 Å². The van der Waals surface area contributed by atoms with Crippen LogP contribution in [0.1, 0.15) is 12.7 Å². The minimum absolute atomic E-state index is 0.0380. The summed E-state index contributed by atoms with van der Waals surface area (Å²) in [5, 5.41) is 16.4. The topological polar surface area (TPSA) is 108 Å². The summed E-state index contributed by atoms with van der Waals surface area (Å²) in [7, 11) is 0. The Kier molecular flexibility index (Phi) is 4.90. The number of nitrogens with zero attached hydrogens (tertiary/aromatic N) is 5. The smallest absolute Gasteiger partial charge is 0.228 e. The molecule has 0 unspecified atom stereocenters. The number of aliphatic hydroxyl groups excluding tert-OH is 1. The third kappa shape index (κ3) is 3.71. The summed E-state index contributed by atoms with van der Waals surface area (Å²) < 4.78 is 5.54. The molecule has 0 bridgehead atoms. The van der Waals surface area contributed by atoms with Crippen LogP contribution in [-0.2, 0) is 4.74 Å². The quantitative estimate of drug-likeness (QED) is 0.680. The molecule has 9 heteroatoms. The fourth-order valence-corrected chi connectivity index (χ4v) is 3.26. The van der Waals surface area contributed by atoms with Gasteiger partial charge >= 0.3 is 0 Å². The Bertz CT molecular complexity index is 789. The molecule has 0 radical (unpaired) electrons. The molecule has 0 spiro atoms. The van der Waals surface area contributed by atoms with E-state index >= 15 is 0 Å². The first-order valence-electron chi connectivity index (χ1n) is 9.21. The Hall–Kier alpha value is -2.36. The zero-order valence-corrected chi connectivity index (χ0v) is 15.6. The Morgan fingerprint density at radius 1 is 1.33 bits per heavy atom. The van der Waals surface area contributed by atoms with Gasteiger partial charge in [-0.2, -0.15) is 4.98 Å². The van der Waals surface area contributed by atoms with E-state index in [-0.39, 0.29) is 18.2 Å². The van der Waals surface area contributed by atoms with Crippen LogP contribution in [0.3, 0.4) is 0 Å². The summed E-state index contributed by atoms with van der Waals surface area (Å²) in [6.07, 6.45) is 3.54. The number of ether oxygens (including phenoxy) is 1. The predicted octanol–water partition coefficient (Wildman–Crippen LogP) is 0.213. The number of anilines is 2. The molecule has 144 valence electrons. The third-order valence-corrected chi connectivity index (χ3v) is 5.04. The molecule has 0 aliphatic carbocycles. The highest BCUT2D eigenvalue weighted by molar-refractivity contribution is 5.64. The maximum atomic E-state index is 9.78. The minimum atomic E-state index is -0.386. The standard InChI is InChI=1S/C18H25N7O2/c1-12-8-27-4-3-25(12)17-22-15(14-6-20-13(2)21-7-14)5-16(23-17)24-18(11-26)9-19-10-18/h5-7,12,19,26H,3-4,8-11H2,1-2H3,(H,22,23,24)/t12-/m0/s1. The maximum absolute atomic E-state index is 9.78. The molecule has 2 aliphatic heterocycles. The molecule has 1 atom stereocenters. The van der Waals surface area contributed by atoms with Crippen molar-refractivity contribution in [1.82, 2.24) is 25.3 Å². The van der Waals surface area contributed by atoms with E-state index in [2.05, 4.69) is 32.4 Å². The van der Waals surface area contributed by atoms with E-state index in [4.69, 9.17) is 14.7 Å². The first-order chi connectivity index (χ1) is 13.1. The van der Waals surface area contributed by atoms with Gasteiger partial charge < -0.3 is 25.4 Å². The molecule has 0 amide bonds. The fourth-order valence-electron chi connectivity index (χ4n) is 3.26. The number of morpholine rings is 1. The van der Waals surface area contributed by atoms with E-state index in [1.807, 2.05) is 13.0 Å². The van der Waals surface area contributed by atoms with Gasteiger partial charge in [0, 0.05) is 43.7 Å². The molecule has 2 aliphatic rings. The van der Waals surface area contributed by atoms with Crippen molar-refractivity contribution in [3.8, 4) is 11.3 Å². The Balaban J connectivity index is 1.72. The largest absolute Gasteiger partial charge is 0.394 e. The van der Waals surface area contributed by atoms with E-state index < -0.39 is 0 Å². The van der Waals surface area contributed by atoms with Crippen molar-refractivity contribution in [3.05, 3.63) is 24.3 Å². The summed E-state index contributed by atoms with van der Waals surface area (Å²) in [6.45, 7) is 7.42. The number of aliphatic hydroxyl groups is 1. The van der Waals surface area contributed by atoms with E-state index in [0.29, 0.717) is 43.9 Å². The number of hydrogen-bond donors (Lipinski definition) is 3. The van der Waals surface area contributed by atoms with Crippen molar-refractivity contribution in [2.45, 2.75) is 25.4 Å². The molecule has 2 aromatic rings. The van der Waals surface area contributed by atoms with Crippen LogP contribution >= 0.6 is 0 Å². The van der Waals surface area contributed by atoms with E-state index in [1.165, 1.54) is 0 Å². The Morgan fingerprint density at radius 3 is 2.74 bits per heavy atom. The second-order valence-corrected chi connectivity index (χ2v) is 7.24. The van der Waals surface area contributed by atoms with E-state index in [0.717, 1.165) is 17.8 Å². The first kappa shape index (κ1) is 18.0. The van der Waals surface area contributed by atoms with Crippen LogP contribution in [0.25, 0.3) is 11.3 Å². The highest BCUT2D eigenvalue weighted by Gasteiger charge is 2.37. The number of rotatable bonds is 5.